The maximum atomic E-state index is 11.3. The Morgan fingerprint density at radius 2 is 2.27 bits per heavy atom. The molecule has 0 radical (unpaired) electrons. The van der Waals surface area contributed by atoms with Gasteiger partial charge in [-0.1, -0.05) is 18.7 Å². The summed E-state index contributed by atoms with van der Waals surface area (Å²) in [5.41, 5.74) is 0. The molecule has 0 aromatic rings. The van der Waals surface area contributed by atoms with Crippen molar-refractivity contribution in [3.05, 3.63) is 11.8 Å². The highest BCUT2D eigenvalue weighted by molar-refractivity contribution is 8.15. The molecule has 0 aromatic carbocycles. The van der Waals surface area contributed by atoms with Crippen molar-refractivity contribution in [3.63, 3.8) is 0 Å². The summed E-state index contributed by atoms with van der Waals surface area (Å²) < 4.78 is 4.95. The zero-order valence-electron chi connectivity index (χ0n) is 9.33. The fourth-order valence-electron chi connectivity index (χ4n) is 1.41. The molecule has 0 amide bonds. The van der Waals surface area contributed by atoms with E-state index in [9.17, 15) is 9.59 Å². The van der Waals surface area contributed by atoms with Crippen LogP contribution in [-0.4, -0.2) is 15.8 Å². The summed E-state index contributed by atoms with van der Waals surface area (Å²) in [7, 11) is 0. The van der Waals surface area contributed by atoms with Gasteiger partial charge in [-0.3, -0.25) is 9.59 Å². The molecule has 1 rings (SSSR count). The molecule has 0 N–H and O–H groups in total. The minimum atomic E-state index is -0.251. The van der Waals surface area contributed by atoms with E-state index >= 15 is 0 Å². The predicted octanol–water partition coefficient (Wildman–Crippen LogP) is 2.66. The van der Waals surface area contributed by atoms with Gasteiger partial charge in [0.25, 0.3) is 0 Å². The van der Waals surface area contributed by atoms with Crippen LogP contribution in [0.3, 0.4) is 0 Å². The molecule has 3 nitrogen and oxygen atoms in total. The molecule has 0 atom stereocenters. The lowest BCUT2D eigenvalue weighted by Gasteiger charge is -2.26. The highest BCUT2D eigenvalue weighted by Crippen LogP contribution is 2.36. The second kappa shape index (κ2) is 4.84. The Hall–Kier alpha value is -0.770. The van der Waals surface area contributed by atoms with Crippen LogP contribution in [0.2, 0.25) is 0 Å². The van der Waals surface area contributed by atoms with Crippen molar-refractivity contribution in [1.82, 2.24) is 0 Å². The van der Waals surface area contributed by atoms with E-state index in [1.54, 1.807) is 0 Å². The molecule has 0 saturated carbocycles. The van der Waals surface area contributed by atoms with Crippen molar-refractivity contribution in [2.75, 3.05) is 0 Å². The summed E-state index contributed by atoms with van der Waals surface area (Å²) in [5, 5.41) is -0.0365. The van der Waals surface area contributed by atoms with Gasteiger partial charge in [0, 0.05) is 23.7 Å². The average molecular weight is 228 g/mol. The topological polar surface area (TPSA) is 43.4 Å². The predicted molar refractivity (Wildman–Crippen MR) is 60.4 cm³/mol. The first-order chi connectivity index (χ1) is 6.93. The van der Waals surface area contributed by atoms with Gasteiger partial charge in [-0.05, 0) is 20.3 Å². The lowest BCUT2D eigenvalue weighted by atomic mass is 10.1. The number of thioether (sulfide) groups is 1. The van der Waals surface area contributed by atoms with Gasteiger partial charge in [0.05, 0.1) is 0 Å². The van der Waals surface area contributed by atoms with Crippen LogP contribution in [0, 0.1) is 0 Å². The van der Waals surface area contributed by atoms with E-state index in [0.717, 1.165) is 6.42 Å². The number of carbonyl (C=O) groups is 2. The SMILES string of the molecule is CCCC(=O)OC1=CC(=O)SC(C)(C)C1. The van der Waals surface area contributed by atoms with Crippen molar-refractivity contribution in [2.45, 2.75) is 44.8 Å². The molecule has 0 bridgehead atoms. The largest absolute Gasteiger partial charge is 0.431 e. The highest BCUT2D eigenvalue weighted by atomic mass is 32.2. The first kappa shape index (κ1) is 12.3. The second-order valence-corrected chi connectivity index (χ2v) is 5.90. The fourth-order valence-corrected chi connectivity index (χ4v) is 2.36. The standard InChI is InChI=1S/C11H16O3S/c1-4-5-9(12)14-8-6-10(13)15-11(2,3)7-8/h6H,4-5,7H2,1-3H3. The molecule has 0 aromatic heterocycles. The lowest BCUT2D eigenvalue weighted by Crippen LogP contribution is -2.24. The van der Waals surface area contributed by atoms with Gasteiger partial charge >= 0.3 is 5.97 Å². The molecule has 1 aliphatic heterocycles. The zero-order valence-corrected chi connectivity index (χ0v) is 10.1. The minimum absolute atomic E-state index is 0.0365. The Morgan fingerprint density at radius 1 is 1.60 bits per heavy atom. The molecule has 84 valence electrons. The van der Waals surface area contributed by atoms with Gasteiger partial charge in [-0.25, -0.2) is 0 Å². The number of ether oxygens (including phenoxy) is 1. The summed E-state index contributed by atoms with van der Waals surface area (Å²) in [6.07, 6.45) is 3.21. The van der Waals surface area contributed by atoms with E-state index in [1.807, 2.05) is 20.8 Å². The van der Waals surface area contributed by atoms with Crippen LogP contribution < -0.4 is 0 Å². The molecular weight excluding hydrogens is 212 g/mol. The number of esters is 1. The lowest BCUT2D eigenvalue weighted by molar-refractivity contribution is -0.139. The van der Waals surface area contributed by atoms with Crippen LogP contribution in [0.1, 0.15) is 40.0 Å². The van der Waals surface area contributed by atoms with Gasteiger partial charge in [-0.2, -0.15) is 0 Å². The molecule has 0 spiro atoms. The van der Waals surface area contributed by atoms with E-state index in [1.165, 1.54) is 17.8 Å². The monoisotopic (exact) mass is 228 g/mol. The Balaban J connectivity index is 2.62. The molecule has 0 fully saturated rings. The van der Waals surface area contributed by atoms with Gasteiger partial charge in [0.1, 0.15) is 5.76 Å². The van der Waals surface area contributed by atoms with Crippen molar-refractivity contribution in [2.24, 2.45) is 0 Å². The van der Waals surface area contributed by atoms with Crippen molar-refractivity contribution < 1.29 is 14.3 Å². The van der Waals surface area contributed by atoms with Gasteiger partial charge in [0.2, 0.25) is 5.12 Å². The average Bonchev–Trinajstić information content (AvgIpc) is 1.99. The molecule has 0 saturated heterocycles. The second-order valence-electron chi connectivity index (χ2n) is 4.19. The molecule has 0 unspecified atom stereocenters. The van der Waals surface area contributed by atoms with Crippen LogP contribution in [0.25, 0.3) is 0 Å². The van der Waals surface area contributed by atoms with Gasteiger partial charge in [-0.15, -0.1) is 0 Å². The van der Waals surface area contributed by atoms with Crippen LogP contribution in [0.15, 0.2) is 11.8 Å². The van der Waals surface area contributed by atoms with Crippen LogP contribution in [-0.2, 0) is 14.3 Å². The maximum Gasteiger partial charge on any atom is 0.310 e. The summed E-state index contributed by atoms with van der Waals surface area (Å²) in [5.74, 6) is 0.251. The van der Waals surface area contributed by atoms with E-state index in [-0.39, 0.29) is 15.8 Å². The maximum absolute atomic E-state index is 11.3. The van der Waals surface area contributed by atoms with E-state index < -0.39 is 0 Å². The number of allylic oxidation sites excluding steroid dienone is 1. The highest BCUT2D eigenvalue weighted by Gasteiger charge is 2.30. The van der Waals surface area contributed by atoms with E-state index in [2.05, 4.69) is 0 Å². The smallest absolute Gasteiger partial charge is 0.310 e. The van der Waals surface area contributed by atoms with Crippen molar-refractivity contribution in [3.8, 4) is 0 Å². The van der Waals surface area contributed by atoms with E-state index in [0.29, 0.717) is 18.6 Å². The van der Waals surface area contributed by atoms with Crippen molar-refractivity contribution in [1.29, 1.82) is 0 Å². The van der Waals surface area contributed by atoms with Crippen LogP contribution >= 0.6 is 11.8 Å². The number of hydrogen-bond donors (Lipinski definition) is 0. The Morgan fingerprint density at radius 3 is 2.80 bits per heavy atom. The molecule has 0 aliphatic carbocycles. The van der Waals surface area contributed by atoms with Crippen LogP contribution in [0.4, 0.5) is 0 Å². The van der Waals surface area contributed by atoms with E-state index in [4.69, 9.17) is 4.74 Å². The molecule has 15 heavy (non-hydrogen) atoms. The Labute approximate surface area is 94.3 Å². The molecule has 1 heterocycles. The van der Waals surface area contributed by atoms with Crippen molar-refractivity contribution >= 4 is 22.8 Å². The molecule has 4 heteroatoms. The first-order valence-corrected chi connectivity index (χ1v) is 5.89. The van der Waals surface area contributed by atoms with Gasteiger partial charge in [0.15, 0.2) is 0 Å². The summed E-state index contributed by atoms with van der Waals surface area (Å²) in [6.45, 7) is 5.86. The zero-order chi connectivity index (χ0) is 11.5. The Bertz CT molecular complexity index is 305. The number of carbonyl (C=O) groups excluding carboxylic acids is 2. The minimum Gasteiger partial charge on any atom is -0.431 e. The molecule has 1 aliphatic rings. The Kier molecular flexibility index (Phi) is 3.97. The fraction of sp³-hybridized carbons (Fsp3) is 0.636. The number of rotatable bonds is 3. The van der Waals surface area contributed by atoms with Crippen LogP contribution in [0.5, 0.6) is 0 Å². The summed E-state index contributed by atoms with van der Waals surface area (Å²) >= 11 is 1.28. The first-order valence-electron chi connectivity index (χ1n) is 5.07. The molecular formula is C11H16O3S. The number of hydrogen-bond acceptors (Lipinski definition) is 4. The summed E-state index contributed by atoms with van der Waals surface area (Å²) in [6, 6.07) is 0. The summed E-state index contributed by atoms with van der Waals surface area (Å²) in [4.78, 5) is 22.6. The normalized spacial score (nSPS) is 19.7. The third-order valence-electron chi connectivity index (χ3n) is 1.95. The quantitative estimate of drug-likeness (QED) is 0.696. The third kappa shape index (κ3) is 4.08. The van der Waals surface area contributed by atoms with Gasteiger partial charge < -0.3 is 4.74 Å². The third-order valence-corrected chi connectivity index (χ3v) is 2.97.